The minimum atomic E-state index is 0.0177. The molecule has 1 heterocycles. The van der Waals surface area contributed by atoms with Crippen LogP contribution in [0.15, 0.2) is 24.3 Å². The molecular weight excluding hydrogens is 230 g/mol. The van der Waals surface area contributed by atoms with Crippen LogP contribution in [0.4, 0.5) is 0 Å². The van der Waals surface area contributed by atoms with Gasteiger partial charge in [-0.15, -0.1) is 0 Å². The lowest BCUT2D eigenvalue weighted by atomic mass is 10.1. The highest BCUT2D eigenvalue weighted by Crippen LogP contribution is 2.29. The van der Waals surface area contributed by atoms with Crippen LogP contribution in [-0.2, 0) is 4.79 Å². The number of hydrogen-bond acceptors (Lipinski definition) is 3. The lowest BCUT2D eigenvalue weighted by Crippen LogP contribution is -2.28. The van der Waals surface area contributed by atoms with Gasteiger partial charge in [0.05, 0.1) is 13.2 Å². The number of aliphatic hydroxyl groups is 1. The summed E-state index contributed by atoms with van der Waals surface area (Å²) in [6.45, 7) is 2.72. The van der Waals surface area contributed by atoms with E-state index in [4.69, 9.17) is 9.84 Å². The largest absolute Gasteiger partial charge is 0.497 e. The van der Waals surface area contributed by atoms with Gasteiger partial charge in [0.25, 0.3) is 0 Å². The number of aliphatic hydroxyl groups excluding tert-OH is 1. The zero-order valence-corrected chi connectivity index (χ0v) is 10.8. The minimum Gasteiger partial charge on any atom is -0.497 e. The molecule has 0 aromatic heterocycles. The van der Waals surface area contributed by atoms with Crippen LogP contribution in [0.25, 0.3) is 0 Å². The monoisotopic (exact) mass is 249 g/mol. The summed E-state index contributed by atoms with van der Waals surface area (Å²) in [5, 5.41) is 9.14. The number of benzene rings is 1. The second kappa shape index (κ2) is 5.40. The van der Waals surface area contributed by atoms with E-state index in [2.05, 4.69) is 0 Å². The van der Waals surface area contributed by atoms with Gasteiger partial charge in [0, 0.05) is 25.5 Å². The van der Waals surface area contributed by atoms with Crippen LogP contribution in [0.5, 0.6) is 5.75 Å². The third kappa shape index (κ3) is 2.48. The van der Waals surface area contributed by atoms with Crippen molar-refractivity contribution >= 4 is 5.91 Å². The van der Waals surface area contributed by atoms with Gasteiger partial charge in [0.2, 0.25) is 5.91 Å². The van der Waals surface area contributed by atoms with Crippen molar-refractivity contribution in [1.82, 2.24) is 4.90 Å². The fourth-order valence-corrected chi connectivity index (χ4v) is 2.39. The van der Waals surface area contributed by atoms with Gasteiger partial charge in [-0.1, -0.05) is 12.1 Å². The van der Waals surface area contributed by atoms with Crippen LogP contribution >= 0.6 is 0 Å². The predicted molar refractivity (Wildman–Crippen MR) is 68.3 cm³/mol. The number of likely N-dealkylation sites (tertiary alicyclic amines) is 1. The lowest BCUT2D eigenvalue weighted by molar-refractivity contribution is -0.129. The first kappa shape index (κ1) is 12.9. The standard InChI is InChI=1S/C14H19NO3/c1-10(12-4-3-5-13(7-12)18-2)15-8-11(9-16)6-14(15)17/h3-5,7,10-11,16H,6,8-9H2,1-2H3. The number of carbonyl (C=O) groups is 1. The molecule has 1 aliphatic heterocycles. The molecule has 4 nitrogen and oxygen atoms in total. The van der Waals surface area contributed by atoms with E-state index in [-0.39, 0.29) is 24.5 Å². The number of ether oxygens (including phenoxy) is 1. The highest BCUT2D eigenvalue weighted by molar-refractivity contribution is 5.79. The summed E-state index contributed by atoms with van der Waals surface area (Å²) < 4.78 is 5.19. The molecule has 0 radical (unpaired) electrons. The third-order valence-electron chi connectivity index (χ3n) is 3.54. The van der Waals surface area contributed by atoms with Crippen molar-refractivity contribution in [1.29, 1.82) is 0 Å². The first-order chi connectivity index (χ1) is 8.65. The molecule has 1 amide bonds. The molecule has 0 saturated carbocycles. The Bertz CT molecular complexity index is 433. The van der Waals surface area contributed by atoms with Crippen molar-refractivity contribution in [3.63, 3.8) is 0 Å². The first-order valence-corrected chi connectivity index (χ1v) is 6.20. The molecule has 2 atom stereocenters. The maximum atomic E-state index is 11.9. The van der Waals surface area contributed by atoms with Gasteiger partial charge in [-0.2, -0.15) is 0 Å². The maximum Gasteiger partial charge on any atom is 0.223 e. The highest BCUT2D eigenvalue weighted by Gasteiger charge is 2.32. The smallest absolute Gasteiger partial charge is 0.223 e. The van der Waals surface area contributed by atoms with Gasteiger partial charge in [0.1, 0.15) is 5.75 Å². The van der Waals surface area contributed by atoms with Gasteiger partial charge in [-0.25, -0.2) is 0 Å². The number of hydrogen-bond donors (Lipinski definition) is 1. The average molecular weight is 249 g/mol. The summed E-state index contributed by atoms with van der Waals surface area (Å²) in [4.78, 5) is 13.7. The van der Waals surface area contributed by atoms with Crippen LogP contribution < -0.4 is 4.74 Å². The predicted octanol–water partition coefficient (Wildman–Crippen LogP) is 1.60. The number of amides is 1. The average Bonchev–Trinajstić information content (AvgIpc) is 2.79. The summed E-state index contributed by atoms with van der Waals surface area (Å²) in [5.41, 5.74) is 1.06. The van der Waals surface area contributed by atoms with Crippen LogP contribution in [0, 0.1) is 5.92 Å². The van der Waals surface area contributed by atoms with Gasteiger partial charge in [-0.05, 0) is 24.6 Å². The van der Waals surface area contributed by atoms with Crippen LogP contribution in [0.3, 0.4) is 0 Å². The molecule has 0 aliphatic carbocycles. The number of methoxy groups -OCH3 is 1. The molecule has 2 rings (SSSR count). The van der Waals surface area contributed by atoms with E-state index < -0.39 is 0 Å². The SMILES string of the molecule is COc1cccc(C(C)N2CC(CO)CC2=O)c1. The quantitative estimate of drug-likeness (QED) is 0.881. The fourth-order valence-electron chi connectivity index (χ4n) is 2.39. The number of carbonyl (C=O) groups excluding carboxylic acids is 1. The Morgan fingerprint density at radius 1 is 1.56 bits per heavy atom. The number of nitrogens with zero attached hydrogens (tertiary/aromatic N) is 1. The van der Waals surface area contributed by atoms with Crippen molar-refractivity contribution in [2.45, 2.75) is 19.4 Å². The van der Waals surface area contributed by atoms with Gasteiger partial charge >= 0.3 is 0 Å². The Hall–Kier alpha value is -1.55. The summed E-state index contributed by atoms with van der Waals surface area (Å²) in [5.74, 6) is 0.986. The highest BCUT2D eigenvalue weighted by atomic mass is 16.5. The van der Waals surface area contributed by atoms with E-state index in [0.29, 0.717) is 13.0 Å². The summed E-state index contributed by atoms with van der Waals surface area (Å²) in [7, 11) is 1.63. The van der Waals surface area contributed by atoms with E-state index in [0.717, 1.165) is 11.3 Å². The molecule has 1 N–H and O–H groups in total. The Balaban J connectivity index is 2.15. The maximum absolute atomic E-state index is 11.9. The molecule has 1 fully saturated rings. The molecule has 4 heteroatoms. The zero-order valence-electron chi connectivity index (χ0n) is 10.8. The van der Waals surface area contributed by atoms with Crippen molar-refractivity contribution in [3.8, 4) is 5.75 Å². The second-order valence-corrected chi connectivity index (χ2v) is 4.75. The van der Waals surface area contributed by atoms with E-state index in [1.807, 2.05) is 36.1 Å². The summed E-state index contributed by atoms with van der Waals surface area (Å²) in [6.07, 6.45) is 0.449. The third-order valence-corrected chi connectivity index (χ3v) is 3.54. The van der Waals surface area contributed by atoms with E-state index >= 15 is 0 Å². The minimum absolute atomic E-state index is 0.0177. The van der Waals surface area contributed by atoms with E-state index in [9.17, 15) is 4.79 Å². The normalized spacial score (nSPS) is 21.2. The molecule has 1 aromatic rings. The van der Waals surface area contributed by atoms with Gasteiger partial charge in [0.15, 0.2) is 0 Å². The Morgan fingerprint density at radius 2 is 2.33 bits per heavy atom. The zero-order chi connectivity index (χ0) is 13.1. The van der Waals surface area contributed by atoms with Crippen molar-refractivity contribution in [3.05, 3.63) is 29.8 Å². The van der Waals surface area contributed by atoms with Crippen LogP contribution in [0.1, 0.15) is 24.9 Å². The van der Waals surface area contributed by atoms with E-state index in [1.54, 1.807) is 7.11 Å². The van der Waals surface area contributed by atoms with Crippen molar-refractivity contribution in [2.75, 3.05) is 20.3 Å². The van der Waals surface area contributed by atoms with E-state index in [1.165, 1.54) is 0 Å². The van der Waals surface area contributed by atoms with Gasteiger partial charge in [-0.3, -0.25) is 4.79 Å². The molecule has 18 heavy (non-hydrogen) atoms. The Labute approximate surface area is 107 Å². The van der Waals surface area contributed by atoms with Crippen LogP contribution in [-0.4, -0.2) is 36.2 Å². The first-order valence-electron chi connectivity index (χ1n) is 6.20. The second-order valence-electron chi connectivity index (χ2n) is 4.75. The van der Waals surface area contributed by atoms with Gasteiger partial charge < -0.3 is 14.7 Å². The summed E-state index contributed by atoms with van der Waals surface area (Å²) in [6, 6.07) is 7.77. The Morgan fingerprint density at radius 3 is 2.94 bits per heavy atom. The summed E-state index contributed by atoms with van der Waals surface area (Å²) >= 11 is 0. The van der Waals surface area contributed by atoms with Crippen molar-refractivity contribution in [2.24, 2.45) is 5.92 Å². The molecule has 1 saturated heterocycles. The number of rotatable bonds is 4. The molecule has 0 spiro atoms. The molecule has 1 aliphatic rings. The topological polar surface area (TPSA) is 49.8 Å². The lowest BCUT2D eigenvalue weighted by Gasteiger charge is -2.25. The molecular formula is C14H19NO3. The molecule has 1 aromatic carbocycles. The fraction of sp³-hybridized carbons (Fsp3) is 0.500. The molecule has 2 unspecified atom stereocenters. The Kier molecular flexibility index (Phi) is 3.87. The molecule has 98 valence electrons. The van der Waals surface area contributed by atoms with Crippen LogP contribution in [0.2, 0.25) is 0 Å². The molecule has 0 bridgehead atoms. The van der Waals surface area contributed by atoms with Crippen molar-refractivity contribution < 1.29 is 14.6 Å².